The third-order valence-corrected chi connectivity index (χ3v) is 6.60. The van der Waals surface area contributed by atoms with E-state index in [0.29, 0.717) is 41.3 Å². The predicted molar refractivity (Wildman–Crippen MR) is 124 cm³/mol. The highest BCUT2D eigenvalue weighted by molar-refractivity contribution is 6.31. The number of benzene rings is 2. The number of methoxy groups -OCH3 is 1. The fraction of sp³-hybridized carbons (Fsp3) is 0.348. The van der Waals surface area contributed by atoms with Gasteiger partial charge in [-0.3, -0.25) is 4.90 Å². The zero-order valence-electron chi connectivity index (χ0n) is 18.0. The summed E-state index contributed by atoms with van der Waals surface area (Å²) in [5.74, 6) is 0.295. The molecule has 5 rings (SSSR count). The summed E-state index contributed by atoms with van der Waals surface area (Å²) in [6.07, 6.45) is 2.78. The topological polar surface area (TPSA) is 88.6 Å². The molecule has 0 saturated carbocycles. The summed E-state index contributed by atoms with van der Waals surface area (Å²) in [4.78, 5) is 23.0. The Morgan fingerprint density at radius 1 is 1.27 bits per heavy atom. The summed E-state index contributed by atoms with van der Waals surface area (Å²) < 4.78 is 25.7. The molecule has 0 unspecified atom stereocenters. The van der Waals surface area contributed by atoms with Gasteiger partial charge in [0.2, 0.25) is 0 Å². The Morgan fingerprint density at radius 2 is 2.09 bits per heavy atom. The zero-order valence-corrected chi connectivity index (χ0v) is 18.8. The monoisotopic (exact) mass is 471 g/mol. The third-order valence-electron chi connectivity index (χ3n) is 6.31. The first-order chi connectivity index (χ1) is 16.0. The van der Waals surface area contributed by atoms with Crippen molar-refractivity contribution < 1.29 is 18.7 Å². The molecule has 2 aromatic carbocycles. The number of halogens is 2. The molecule has 3 heterocycles. The second-order valence-corrected chi connectivity index (χ2v) is 8.79. The maximum Gasteiger partial charge on any atom is 0.414 e. The number of hydrogen-bond acceptors (Lipinski definition) is 7. The van der Waals surface area contributed by atoms with Gasteiger partial charge in [-0.1, -0.05) is 17.7 Å². The lowest BCUT2D eigenvalue weighted by Crippen LogP contribution is -2.54. The average molecular weight is 472 g/mol. The molecule has 1 spiro atoms. The summed E-state index contributed by atoms with van der Waals surface area (Å²) >= 11 is 5.92. The van der Waals surface area contributed by atoms with Crippen LogP contribution in [0.1, 0.15) is 12.8 Å². The van der Waals surface area contributed by atoms with Crippen LogP contribution in [-0.4, -0.2) is 49.4 Å². The van der Waals surface area contributed by atoms with Gasteiger partial charge in [-0.25, -0.2) is 19.2 Å². The molecule has 1 aromatic heterocycles. The van der Waals surface area contributed by atoms with E-state index in [2.05, 4.69) is 20.6 Å². The van der Waals surface area contributed by atoms with E-state index in [9.17, 15) is 9.18 Å². The lowest BCUT2D eigenvalue weighted by Gasteiger charge is -2.44. The number of anilines is 3. The molecule has 0 bridgehead atoms. The van der Waals surface area contributed by atoms with Gasteiger partial charge < -0.3 is 20.1 Å². The van der Waals surface area contributed by atoms with E-state index in [-0.39, 0.29) is 16.1 Å². The van der Waals surface area contributed by atoms with Gasteiger partial charge in [-0.05, 0) is 44.1 Å². The van der Waals surface area contributed by atoms with Crippen molar-refractivity contribution in [3.63, 3.8) is 0 Å². The molecule has 33 heavy (non-hydrogen) atoms. The van der Waals surface area contributed by atoms with E-state index >= 15 is 0 Å². The number of carbonyl (C=O) groups is 1. The van der Waals surface area contributed by atoms with Crippen molar-refractivity contribution in [3.8, 4) is 5.75 Å². The first-order valence-electron chi connectivity index (χ1n) is 10.7. The summed E-state index contributed by atoms with van der Waals surface area (Å²) in [5.41, 5.74) is 1.21. The molecule has 0 aliphatic carbocycles. The Bertz CT molecular complexity index is 1220. The first kappa shape index (κ1) is 21.7. The summed E-state index contributed by atoms with van der Waals surface area (Å²) in [6, 6.07) is 8.21. The van der Waals surface area contributed by atoms with Crippen LogP contribution in [0.15, 0.2) is 36.7 Å². The van der Waals surface area contributed by atoms with Gasteiger partial charge in [0.05, 0.1) is 29.0 Å². The highest BCUT2D eigenvalue weighted by Crippen LogP contribution is 2.41. The number of rotatable bonds is 4. The van der Waals surface area contributed by atoms with Crippen molar-refractivity contribution in [1.82, 2.24) is 15.3 Å². The van der Waals surface area contributed by atoms with Gasteiger partial charge in [0.1, 0.15) is 24.5 Å². The van der Waals surface area contributed by atoms with E-state index in [1.807, 2.05) is 0 Å². The Kier molecular flexibility index (Phi) is 5.67. The number of nitrogens with one attached hydrogen (secondary N) is 2. The van der Waals surface area contributed by atoms with Crippen LogP contribution in [0, 0.1) is 11.2 Å². The second-order valence-electron chi connectivity index (χ2n) is 8.38. The highest BCUT2D eigenvalue weighted by Gasteiger charge is 2.42. The molecule has 0 radical (unpaired) electrons. The van der Waals surface area contributed by atoms with E-state index in [4.69, 9.17) is 21.1 Å². The molecular weight excluding hydrogens is 449 g/mol. The minimum absolute atomic E-state index is 0.00375. The molecule has 3 aromatic rings. The molecular formula is C23H23ClFN5O3. The number of piperidine rings is 1. The Morgan fingerprint density at radius 3 is 2.88 bits per heavy atom. The van der Waals surface area contributed by atoms with E-state index in [1.54, 1.807) is 36.3 Å². The molecule has 8 nitrogen and oxygen atoms in total. The van der Waals surface area contributed by atoms with Crippen LogP contribution in [0.25, 0.3) is 10.9 Å². The van der Waals surface area contributed by atoms with Gasteiger partial charge in [-0.15, -0.1) is 0 Å². The molecule has 2 aliphatic heterocycles. The lowest BCUT2D eigenvalue weighted by molar-refractivity contribution is 0.0434. The van der Waals surface area contributed by atoms with Crippen LogP contribution in [0.2, 0.25) is 5.02 Å². The zero-order chi connectivity index (χ0) is 23.0. The second kappa shape index (κ2) is 8.64. The number of amides is 1. The minimum atomic E-state index is -0.577. The Labute approximate surface area is 195 Å². The maximum atomic E-state index is 14.5. The normalized spacial score (nSPS) is 17.8. The Hall–Kier alpha value is -3.17. The van der Waals surface area contributed by atoms with Gasteiger partial charge in [-0.2, -0.15) is 0 Å². The summed E-state index contributed by atoms with van der Waals surface area (Å²) in [5, 5.41) is 6.96. The van der Waals surface area contributed by atoms with E-state index < -0.39 is 11.9 Å². The number of hydrogen-bond donors (Lipinski definition) is 2. The molecule has 0 atom stereocenters. The largest absolute Gasteiger partial charge is 0.494 e. The SMILES string of the molecule is COc1cc2ncnc(Nc3cccc(Cl)c3F)c2cc1N1CC2(CCNCC2)COC1=O. The number of aromatic nitrogens is 2. The van der Waals surface area contributed by atoms with E-state index in [1.165, 1.54) is 12.4 Å². The van der Waals surface area contributed by atoms with Crippen LogP contribution in [0.4, 0.5) is 26.4 Å². The third kappa shape index (κ3) is 4.02. The molecule has 2 saturated heterocycles. The van der Waals surface area contributed by atoms with Crippen LogP contribution in [0.5, 0.6) is 5.75 Å². The van der Waals surface area contributed by atoms with Crippen molar-refractivity contribution >= 4 is 45.8 Å². The number of cyclic esters (lactones) is 1. The predicted octanol–water partition coefficient (Wildman–Crippen LogP) is 4.50. The van der Waals surface area contributed by atoms with Crippen molar-refractivity contribution in [3.05, 3.63) is 47.5 Å². The lowest BCUT2D eigenvalue weighted by atomic mass is 9.78. The van der Waals surface area contributed by atoms with Gasteiger partial charge >= 0.3 is 6.09 Å². The first-order valence-corrected chi connectivity index (χ1v) is 11.1. The summed E-state index contributed by atoms with van der Waals surface area (Å²) in [7, 11) is 1.54. The van der Waals surface area contributed by atoms with Crippen molar-refractivity contribution in [2.24, 2.45) is 5.41 Å². The smallest absolute Gasteiger partial charge is 0.414 e. The van der Waals surface area contributed by atoms with E-state index in [0.717, 1.165) is 25.9 Å². The average Bonchev–Trinajstić information content (AvgIpc) is 2.84. The van der Waals surface area contributed by atoms with Crippen LogP contribution >= 0.6 is 11.6 Å². The standard InChI is InChI=1S/C23H23ClFN5O3/c1-32-19-10-17-14(21(28-13-27-17)29-16-4-2-3-15(24)20(16)25)9-18(19)30-11-23(12-33-22(30)31)5-7-26-8-6-23/h2-4,9-10,13,26H,5-8,11-12H2,1H3,(H,27,28,29). The fourth-order valence-corrected chi connectivity index (χ4v) is 4.63. The molecule has 2 fully saturated rings. The number of nitrogens with zero attached hydrogens (tertiary/aromatic N) is 3. The van der Waals surface area contributed by atoms with Crippen LogP contribution in [-0.2, 0) is 4.74 Å². The number of fused-ring (bicyclic) bond motifs is 1. The maximum absolute atomic E-state index is 14.5. The molecule has 172 valence electrons. The van der Waals surface area contributed by atoms with Gasteiger partial charge in [0.15, 0.2) is 5.82 Å². The molecule has 10 heteroatoms. The van der Waals surface area contributed by atoms with Crippen LogP contribution in [0.3, 0.4) is 0 Å². The molecule has 1 amide bonds. The van der Waals surface area contributed by atoms with Crippen molar-refractivity contribution in [1.29, 1.82) is 0 Å². The number of carbonyl (C=O) groups excluding carboxylic acids is 1. The van der Waals surface area contributed by atoms with Gasteiger partial charge in [0, 0.05) is 23.4 Å². The minimum Gasteiger partial charge on any atom is -0.494 e. The quantitative estimate of drug-likeness (QED) is 0.579. The van der Waals surface area contributed by atoms with Crippen LogP contribution < -0.4 is 20.3 Å². The number of ether oxygens (including phenoxy) is 2. The highest BCUT2D eigenvalue weighted by atomic mass is 35.5. The molecule has 2 aliphatic rings. The van der Waals surface area contributed by atoms with Gasteiger partial charge in [0.25, 0.3) is 0 Å². The van der Waals surface area contributed by atoms with Crippen molar-refractivity contribution in [2.45, 2.75) is 12.8 Å². The molecule has 2 N–H and O–H groups in total. The van der Waals surface area contributed by atoms with Crippen molar-refractivity contribution in [2.75, 3.05) is 43.6 Å². The fourth-order valence-electron chi connectivity index (χ4n) is 4.46. The summed E-state index contributed by atoms with van der Waals surface area (Å²) in [6.45, 7) is 2.69. The Balaban J connectivity index is 1.58.